The molecule has 2 fully saturated rings. The topological polar surface area (TPSA) is 46.2 Å². The standard InChI is InChI=1S/C15H22F3NO2/c1-9(2)7-11-13(21)19-12(20)8-14(11)5-3-10(4-6-14)15(16,17)18/h9-11H,3-8H2,1-2H3,(H,19,20,21). The van der Waals surface area contributed by atoms with Gasteiger partial charge in [-0.15, -0.1) is 0 Å². The van der Waals surface area contributed by atoms with Gasteiger partial charge in [-0.3, -0.25) is 14.9 Å². The van der Waals surface area contributed by atoms with Gasteiger partial charge in [-0.05, 0) is 43.4 Å². The number of halogens is 3. The molecule has 0 aromatic rings. The SMILES string of the molecule is CC(C)CC1C(=O)NC(=O)CC12CCC(C(F)(F)F)CC2. The van der Waals surface area contributed by atoms with Crippen molar-refractivity contribution < 1.29 is 22.8 Å². The van der Waals surface area contributed by atoms with E-state index in [0.717, 1.165) is 0 Å². The van der Waals surface area contributed by atoms with E-state index in [1.165, 1.54) is 0 Å². The van der Waals surface area contributed by atoms with Crippen molar-refractivity contribution in [3.63, 3.8) is 0 Å². The van der Waals surface area contributed by atoms with Crippen LogP contribution in [0, 0.1) is 23.2 Å². The van der Waals surface area contributed by atoms with Gasteiger partial charge in [-0.25, -0.2) is 0 Å². The summed E-state index contributed by atoms with van der Waals surface area (Å²) >= 11 is 0. The van der Waals surface area contributed by atoms with E-state index in [1.54, 1.807) is 0 Å². The minimum atomic E-state index is -4.17. The molecule has 1 aliphatic carbocycles. The summed E-state index contributed by atoms with van der Waals surface area (Å²) in [6.45, 7) is 3.97. The Morgan fingerprint density at radius 2 is 1.81 bits per heavy atom. The minimum absolute atomic E-state index is 0.0264. The molecule has 2 amide bonds. The van der Waals surface area contributed by atoms with E-state index in [4.69, 9.17) is 0 Å². The lowest BCUT2D eigenvalue weighted by molar-refractivity contribution is -0.191. The molecule has 21 heavy (non-hydrogen) atoms. The Hall–Kier alpha value is -1.07. The number of amides is 2. The van der Waals surface area contributed by atoms with Gasteiger partial charge in [-0.2, -0.15) is 13.2 Å². The first kappa shape index (κ1) is 16.3. The molecule has 1 heterocycles. The predicted molar refractivity (Wildman–Crippen MR) is 71.2 cm³/mol. The number of nitrogens with one attached hydrogen (secondary N) is 1. The summed E-state index contributed by atoms with van der Waals surface area (Å²) in [4.78, 5) is 23.8. The molecule has 1 saturated heterocycles. The third kappa shape index (κ3) is 3.40. The number of rotatable bonds is 2. The van der Waals surface area contributed by atoms with Crippen molar-refractivity contribution in [1.29, 1.82) is 0 Å². The Labute approximate surface area is 122 Å². The number of carbonyl (C=O) groups is 2. The van der Waals surface area contributed by atoms with Crippen LogP contribution in [0.25, 0.3) is 0 Å². The van der Waals surface area contributed by atoms with Gasteiger partial charge in [0, 0.05) is 12.3 Å². The van der Waals surface area contributed by atoms with E-state index in [0.29, 0.717) is 19.3 Å². The molecule has 1 atom stereocenters. The smallest absolute Gasteiger partial charge is 0.296 e. The molecule has 120 valence electrons. The van der Waals surface area contributed by atoms with Crippen molar-refractivity contribution in [2.24, 2.45) is 23.2 Å². The second kappa shape index (κ2) is 5.61. The number of piperidine rings is 1. The zero-order valence-corrected chi connectivity index (χ0v) is 12.4. The van der Waals surface area contributed by atoms with Gasteiger partial charge < -0.3 is 0 Å². The van der Waals surface area contributed by atoms with Crippen LogP contribution in [0.3, 0.4) is 0 Å². The predicted octanol–water partition coefficient (Wildman–Crippen LogP) is 3.43. The fourth-order valence-electron chi connectivity index (χ4n) is 3.86. The summed E-state index contributed by atoms with van der Waals surface area (Å²) in [5, 5.41) is 2.35. The van der Waals surface area contributed by atoms with Crippen LogP contribution >= 0.6 is 0 Å². The Morgan fingerprint density at radius 3 is 2.29 bits per heavy atom. The molecule has 2 aliphatic rings. The number of imide groups is 1. The van der Waals surface area contributed by atoms with Gasteiger partial charge >= 0.3 is 6.18 Å². The summed E-state index contributed by atoms with van der Waals surface area (Å²) < 4.78 is 38.4. The molecule has 1 saturated carbocycles. The second-order valence-corrected chi connectivity index (χ2v) is 6.95. The average Bonchev–Trinajstić information content (AvgIpc) is 2.33. The van der Waals surface area contributed by atoms with Crippen LogP contribution < -0.4 is 5.32 Å². The average molecular weight is 305 g/mol. The molecule has 3 nitrogen and oxygen atoms in total. The van der Waals surface area contributed by atoms with Crippen molar-refractivity contribution in [1.82, 2.24) is 5.32 Å². The van der Waals surface area contributed by atoms with Crippen LogP contribution in [-0.2, 0) is 9.59 Å². The third-order valence-corrected chi connectivity index (χ3v) is 4.98. The number of alkyl halides is 3. The summed E-state index contributed by atoms with van der Waals surface area (Å²) in [5.74, 6) is -2.01. The molecular formula is C15H22F3NO2. The van der Waals surface area contributed by atoms with Gasteiger partial charge in [0.15, 0.2) is 0 Å². The van der Waals surface area contributed by atoms with Crippen LogP contribution in [-0.4, -0.2) is 18.0 Å². The van der Waals surface area contributed by atoms with E-state index >= 15 is 0 Å². The van der Waals surface area contributed by atoms with Crippen molar-refractivity contribution >= 4 is 11.8 Å². The highest BCUT2D eigenvalue weighted by Crippen LogP contribution is 2.53. The van der Waals surface area contributed by atoms with Crippen LogP contribution in [0.4, 0.5) is 13.2 Å². The molecule has 0 aromatic heterocycles. The minimum Gasteiger partial charge on any atom is -0.296 e. The van der Waals surface area contributed by atoms with Crippen molar-refractivity contribution in [2.75, 3.05) is 0 Å². The van der Waals surface area contributed by atoms with Crippen molar-refractivity contribution in [3.05, 3.63) is 0 Å². The zero-order chi connectivity index (χ0) is 15.8. The molecule has 6 heteroatoms. The monoisotopic (exact) mass is 305 g/mol. The molecule has 1 unspecified atom stereocenters. The maximum atomic E-state index is 12.8. The van der Waals surface area contributed by atoms with E-state index in [2.05, 4.69) is 5.32 Å². The number of hydrogen-bond donors (Lipinski definition) is 1. The largest absolute Gasteiger partial charge is 0.391 e. The highest BCUT2D eigenvalue weighted by Gasteiger charge is 2.53. The lowest BCUT2D eigenvalue weighted by Crippen LogP contribution is -2.54. The molecule has 1 N–H and O–H groups in total. The molecule has 0 radical (unpaired) electrons. The molecule has 1 spiro atoms. The van der Waals surface area contributed by atoms with Crippen LogP contribution in [0.2, 0.25) is 0 Å². The van der Waals surface area contributed by atoms with Gasteiger partial charge in [0.2, 0.25) is 11.8 Å². The lowest BCUT2D eigenvalue weighted by atomic mass is 9.58. The summed E-state index contributed by atoms with van der Waals surface area (Å²) in [7, 11) is 0. The highest BCUT2D eigenvalue weighted by molar-refractivity contribution is 5.99. The lowest BCUT2D eigenvalue weighted by Gasteiger charge is -2.47. The van der Waals surface area contributed by atoms with Crippen LogP contribution in [0.15, 0.2) is 0 Å². The first-order valence-corrected chi connectivity index (χ1v) is 7.54. The van der Waals surface area contributed by atoms with Crippen LogP contribution in [0.5, 0.6) is 0 Å². The van der Waals surface area contributed by atoms with Gasteiger partial charge in [-0.1, -0.05) is 13.8 Å². The normalized spacial score (nSPS) is 34.4. The fourth-order valence-corrected chi connectivity index (χ4v) is 3.86. The Balaban J connectivity index is 2.17. The van der Waals surface area contributed by atoms with Crippen LogP contribution in [0.1, 0.15) is 52.4 Å². The summed E-state index contributed by atoms with van der Waals surface area (Å²) in [5.41, 5.74) is -0.564. The first-order valence-electron chi connectivity index (χ1n) is 7.54. The Kier molecular flexibility index (Phi) is 4.36. The van der Waals surface area contributed by atoms with Crippen molar-refractivity contribution in [2.45, 2.75) is 58.5 Å². The Morgan fingerprint density at radius 1 is 1.24 bits per heavy atom. The van der Waals surface area contributed by atoms with Crippen molar-refractivity contribution in [3.8, 4) is 0 Å². The molecule has 2 rings (SSSR count). The van der Waals surface area contributed by atoms with Gasteiger partial charge in [0.25, 0.3) is 0 Å². The van der Waals surface area contributed by atoms with E-state index < -0.39 is 17.5 Å². The maximum absolute atomic E-state index is 12.8. The number of carbonyl (C=O) groups excluding carboxylic acids is 2. The fraction of sp³-hybridized carbons (Fsp3) is 0.867. The summed E-state index contributed by atoms with van der Waals surface area (Å²) in [6, 6.07) is 0. The number of hydrogen-bond acceptors (Lipinski definition) is 2. The maximum Gasteiger partial charge on any atom is 0.391 e. The quantitative estimate of drug-likeness (QED) is 0.794. The zero-order valence-electron chi connectivity index (χ0n) is 12.4. The summed E-state index contributed by atoms with van der Waals surface area (Å²) in [6.07, 6.45) is -2.69. The Bertz CT molecular complexity index is 423. The van der Waals surface area contributed by atoms with Gasteiger partial charge in [0.1, 0.15) is 0 Å². The van der Waals surface area contributed by atoms with E-state index in [1.807, 2.05) is 13.8 Å². The molecule has 0 aromatic carbocycles. The molecular weight excluding hydrogens is 283 g/mol. The first-order chi connectivity index (χ1) is 9.64. The van der Waals surface area contributed by atoms with E-state index in [9.17, 15) is 22.8 Å². The molecule has 0 bridgehead atoms. The third-order valence-electron chi connectivity index (χ3n) is 4.98. The second-order valence-electron chi connectivity index (χ2n) is 6.95. The van der Waals surface area contributed by atoms with E-state index in [-0.39, 0.29) is 42.9 Å². The van der Waals surface area contributed by atoms with Gasteiger partial charge in [0.05, 0.1) is 5.92 Å². The highest BCUT2D eigenvalue weighted by atomic mass is 19.4. The molecule has 1 aliphatic heterocycles.